The van der Waals surface area contributed by atoms with E-state index < -0.39 is 0 Å². The lowest BCUT2D eigenvalue weighted by Crippen LogP contribution is -2.36. The quantitative estimate of drug-likeness (QED) is 0.521. The minimum atomic E-state index is 0.792. The number of hydrogen-bond donors (Lipinski definition) is 0. The minimum Gasteiger partial charge on any atom is -0.378 e. The van der Waals surface area contributed by atoms with Gasteiger partial charge in [-0.15, -0.1) is 0 Å². The summed E-state index contributed by atoms with van der Waals surface area (Å²) in [5.41, 5.74) is 6.31. The number of pyridine rings is 2. The Hall–Kier alpha value is -3.24. The third-order valence-corrected chi connectivity index (χ3v) is 5.19. The van der Waals surface area contributed by atoms with Crippen molar-refractivity contribution in [2.45, 2.75) is 0 Å². The van der Waals surface area contributed by atoms with E-state index in [1.807, 2.05) is 30.5 Å². The van der Waals surface area contributed by atoms with E-state index >= 15 is 0 Å². The second-order valence-corrected chi connectivity index (χ2v) is 6.94. The molecule has 0 aliphatic carbocycles. The van der Waals surface area contributed by atoms with Gasteiger partial charge in [-0.05, 0) is 30.3 Å². The molecule has 1 saturated heterocycles. The largest absolute Gasteiger partial charge is 0.378 e. The van der Waals surface area contributed by atoms with Gasteiger partial charge in [-0.2, -0.15) is 0 Å². The van der Waals surface area contributed by atoms with E-state index in [4.69, 9.17) is 9.72 Å². The Balaban J connectivity index is 1.57. The van der Waals surface area contributed by atoms with E-state index in [0.717, 1.165) is 59.7 Å². The monoisotopic (exact) mass is 367 g/mol. The molecule has 3 heterocycles. The first-order valence-electron chi connectivity index (χ1n) is 9.63. The van der Waals surface area contributed by atoms with Crippen molar-refractivity contribution in [3.05, 3.63) is 79.0 Å². The molecule has 2 aromatic heterocycles. The van der Waals surface area contributed by atoms with Crippen LogP contribution in [0.1, 0.15) is 0 Å². The molecule has 138 valence electrons. The SMILES string of the molecule is c1ccc(-c2nc(-c3ccc(N4CCOCC4)cc3)cc3ncccc23)cc1. The van der Waals surface area contributed by atoms with Gasteiger partial charge in [0.15, 0.2) is 0 Å². The Morgan fingerprint density at radius 2 is 1.57 bits per heavy atom. The van der Waals surface area contributed by atoms with Crippen molar-refractivity contribution in [2.75, 3.05) is 31.2 Å². The Kier molecular flexibility index (Phi) is 4.47. The zero-order valence-corrected chi connectivity index (χ0v) is 15.6. The summed E-state index contributed by atoms with van der Waals surface area (Å²) in [5, 5.41) is 1.07. The lowest BCUT2D eigenvalue weighted by molar-refractivity contribution is 0.122. The number of benzene rings is 2. The Labute approximate surface area is 164 Å². The summed E-state index contributed by atoms with van der Waals surface area (Å²) in [7, 11) is 0. The Morgan fingerprint density at radius 1 is 0.786 bits per heavy atom. The van der Waals surface area contributed by atoms with Crippen LogP contribution in [-0.2, 0) is 4.74 Å². The number of rotatable bonds is 3. The lowest BCUT2D eigenvalue weighted by atomic mass is 10.0. The highest BCUT2D eigenvalue weighted by molar-refractivity contribution is 5.94. The van der Waals surface area contributed by atoms with Crippen LogP contribution < -0.4 is 4.90 Å². The maximum absolute atomic E-state index is 5.45. The van der Waals surface area contributed by atoms with Crippen LogP contribution in [0.5, 0.6) is 0 Å². The maximum atomic E-state index is 5.45. The molecule has 1 aliphatic heterocycles. The molecule has 2 aromatic carbocycles. The molecule has 0 spiro atoms. The van der Waals surface area contributed by atoms with Crippen molar-refractivity contribution in [2.24, 2.45) is 0 Å². The van der Waals surface area contributed by atoms with E-state index in [0.29, 0.717) is 0 Å². The lowest BCUT2D eigenvalue weighted by Gasteiger charge is -2.28. The zero-order chi connectivity index (χ0) is 18.8. The molecule has 0 unspecified atom stereocenters. The van der Waals surface area contributed by atoms with E-state index in [2.05, 4.69) is 58.4 Å². The minimum absolute atomic E-state index is 0.792. The molecule has 1 aliphatic rings. The van der Waals surface area contributed by atoms with Crippen LogP contribution >= 0.6 is 0 Å². The first-order chi connectivity index (χ1) is 13.9. The second-order valence-electron chi connectivity index (χ2n) is 6.94. The summed E-state index contributed by atoms with van der Waals surface area (Å²) in [4.78, 5) is 12.0. The van der Waals surface area contributed by atoms with Gasteiger partial charge in [0.2, 0.25) is 0 Å². The van der Waals surface area contributed by atoms with Gasteiger partial charge in [-0.3, -0.25) is 4.98 Å². The molecule has 4 heteroatoms. The van der Waals surface area contributed by atoms with Crippen LogP contribution in [0.15, 0.2) is 79.0 Å². The summed E-state index contributed by atoms with van der Waals surface area (Å²) < 4.78 is 5.45. The van der Waals surface area contributed by atoms with Gasteiger partial charge in [-0.1, -0.05) is 42.5 Å². The fourth-order valence-electron chi connectivity index (χ4n) is 3.70. The maximum Gasteiger partial charge on any atom is 0.0803 e. The summed E-state index contributed by atoms with van der Waals surface area (Å²) in [6, 6.07) is 25.1. The molecule has 1 fully saturated rings. The van der Waals surface area contributed by atoms with Gasteiger partial charge in [0, 0.05) is 41.5 Å². The number of ether oxygens (including phenoxy) is 1. The molecular weight excluding hydrogens is 346 g/mol. The van der Waals surface area contributed by atoms with Crippen LogP contribution in [0.3, 0.4) is 0 Å². The molecule has 0 radical (unpaired) electrons. The van der Waals surface area contributed by atoms with Crippen LogP contribution in [0.4, 0.5) is 5.69 Å². The highest BCUT2D eigenvalue weighted by Gasteiger charge is 2.13. The normalized spacial score (nSPS) is 14.4. The predicted molar refractivity (Wildman–Crippen MR) is 113 cm³/mol. The van der Waals surface area contributed by atoms with Crippen molar-refractivity contribution >= 4 is 16.6 Å². The summed E-state index contributed by atoms with van der Waals surface area (Å²) in [6.45, 7) is 3.46. The van der Waals surface area contributed by atoms with E-state index in [-0.39, 0.29) is 0 Å². The first-order valence-corrected chi connectivity index (χ1v) is 9.63. The van der Waals surface area contributed by atoms with E-state index in [1.165, 1.54) is 5.69 Å². The standard InChI is InChI=1S/C24H21N3O/c1-2-5-19(6-3-1)24-21-7-4-12-25-23(21)17-22(26-24)18-8-10-20(11-9-18)27-13-15-28-16-14-27/h1-12,17H,13-16H2. The van der Waals surface area contributed by atoms with E-state index in [9.17, 15) is 0 Å². The molecule has 0 amide bonds. The predicted octanol–water partition coefficient (Wildman–Crippen LogP) is 4.80. The first kappa shape index (κ1) is 16.9. The molecule has 0 N–H and O–H groups in total. The number of fused-ring (bicyclic) bond motifs is 1. The van der Waals surface area contributed by atoms with Gasteiger partial charge >= 0.3 is 0 Å². The van der Waals surface area contributed by atoms with Crippen LogP contribution in [-0.4, -0.2) is 36.3 Å². The highest BCUT2D eigenvalue weighted by Crippen LogP contribution is 2.31. The van der Waals surface area contributed by atoms with Gasteiger partial charge in [0.1, 0.15) is 0 Å². The average Bonchev–Trinajstić information content (AvgIpc) is 2.79. The van der Waals surface area contributed by atoms with Gasteiger partial charge in [-0.25, -0.2) is 4.98 Å². The van der Waals surface area contributed by atoms with Crippen LogP contribution in [0.25, 0.3) is 33.4 Å². The number of hydrogen-bond acceptors (Lipinski definition) is 4. The van der Waals surface area contributed by atoms with E-state index in [1.54, 1.807) is 0 Å². The average molecular weight is 367 g/mol. The van der Waals surface area contributed by atoms with Crippen molar-refractivity contribution in [3.8, 4) is 22.5 Å². The molecule has 0 atom stereocenters. The molecule has 4 aromatic rings. The number of morpholine rings is 1. The van der Waals surface area contributed by atoms with Crippen molar-refractivity contribution in [3.63, 3.8) is 0 Å². The Bertz CT molecular complexity index is 1090. The number of aromatic nitrogens is 2. The molecule has 28 heavy (non-hydrogen) atoms. The zero-order valence-electron chi connectivity index (χ0n) is 15.6. The fraction of sp³-hybridized carbons (Fsp3) is 0.167. The summed E-state index contributed by atoms with van der Waals surface area (Å²) in [5.74, 6) is 0. The summed E-state index contributed by atoms with van der Waals surface area (Å²) in [6.07, 6.45) is 1.84. The smallest absolute Gasteiger partial charge is 0.0803 e. The van der Waals surface area contributed by atoms with Crippen LogP contribution in [0, 0.1) is 0 Å². The molecule has 0 saturated carbocycles. The fourth-order valence-corrected chi connectivity index (χ4v) is 3.70. The van der Waals surface area contributed by atoms with Gasteiger partial charge < -0.3 is 9.64 Å². The third kappa shape index (κ3) is 3.23. The second kappa shape index (κ2) is 7.41. The van der Waals surface area contributed by atoms with Crippen LogP contribution in [0.2, 0.25) is 0 Å². The Morgan fingerprint density at radius 3 is 2.36 bits per heavy atom. The number of anilines is 1. The third-order valence-electron chi connectivity index (χ3n) is 5.19. The molecule has 0 bridgehead atoms. The molecule has 4 nitrogen and oxygen atoms in total. The highest BCUT2D eigenvalue weighted by atomic mass is 16.5. The van der Waals surface area contributed by atoms with Gasteiger partial charge in [0.05, 0.1) is 30.1 Å². The molecule has 5 rings (SSSR count). The topological polar surface area (TPSA) is 38.2 Å². The van der Waals surface area contributed by atoms with Crippen molar-refractivity contribution < 1.29 is 4.74 Å². The van der Waals surface area contributed by atoms with Crippen molar-refractivity contribution in [1.82, 2.24) is 9.97 Å². The molecular formula is C24H21N3O. The summed E-state index contributed by atoms with van der Waals surface area (Å²) >= 11 is 0. The number of nitrogens with zero attached hydrogens (tertiary/aromatic N) is 3. The van der Waals surface area contributed by atoms with Gasteiger partial charge in [0.25, 0.3) is 0 Å². The van der Waals surface area contributed by atoms with Crippen molar-refractivity contribution in [1.29, 1.82) is 0 Å².